The minimum Gasteiger partial charge on any atom is -0.424 e. The Kier molecular flexibility index (Phi) is 4.96. The third kappa shape index (κ3) is 3.52. The molecule has 2 aromatic carbocycles. The molecule has 2 nitrogen and oxygen atoms in total. The SMILES string of the molecule is CC(C)(CC[C@H]1[C@@H]2CC[C@@H]3O[C@@H]3CC[C@@H]21)[Si](O)(c1ccccc1)c1ccccc1. The van der Waals surface area contributed by atoms with Crippen LogP contribution in [0.5, 0.6) is 0 Å². The van der Waals surface area contributed by atoms with Crippen molar-refractivity contribution in [3.63, 3.8) is 0 Å². The van der Waals surface area contributed by atoms with E-state index in [1.807, 2.05) is 12.1 Å². The van der Waals surface area contributed by atoms with E-state index in [0.717, 1.165) is 34.5 Å². The van der Waals surface area contributed by atoms with Gasteiger partial charge < -0.3 is 9.53 Å². The Bertz CT molecular complexity index is 777. The summed E-state index contributed by atoms with van der Waals surface area (Å²) in [7, 11) is -2.86. The molecule has 0 spiro atoms. The molecule has 1 N–H and O–H groups in total. The molecule has 0 aromatic heterocycles. The van der Waals surface area contributed by atoms with Gasteiger partial charge in [0.1, 0.15) is 0 Å². The Morgan fingerprint density at radius 3 is 1.79 bits per heavy atom. The van der Waals surface area contributed by atoms with Gasteiger partial charge in [0.25, 0.3) is 8.32 Å². The van der Waals surface area contributed by atoms with E-state index in [1.54, 1.807) is 0 Å². The lowest BCUT2D eigenvalue weighted by Crippen LogP contribution is -2.65. The highest BCUT2D eigenvalue weighted by atomic mass is 28.4. The number of rotatable bonds is 6. The van der Waals surface area contributed by atoms with Crippen LogP contribution in [0.25, 0.3) is 0 Å². The normalized spacial score (nSPS) is 31.2. The van der Waals surface area contributed by atoms with Crippen molar-refractivity contribution in [2.75, 3.05) is 0 Å². The van der Waals surface area contributed by atoms with Gasteiger partial charge in [-0.1, -0.05) is 74.5 Å². The first kappa shape index (κ1) is 19.5. The summed E-state index contributed by atoms with van der Waals surface area (Å²) in [5.74, 6) is 2.70. The molecule has 3 fully saturated rings. The van der Waals surface area contributed by atoms with Gasteiger partial charge in [-0.2, -0.15) is 0 Å². The highest BCUT2D eigenvalue weighted by Gasteiger charge is 2.55. The molecular weight excluding hydrogens is 372 g/mol. The summed E-state index contributed by atoms with van der Waals surface area (Å²) in [6, 6.07) is 20.9. The predicted molar refractivity (Wildman–Crippen MR) is 121 cm³/mol. The lowest BCUT2D eigenvalue weighted by molar-refractivity contribution is 0.349. The minimum atomic E-state index is -2.86. The predicted octanol–water partition coefficient (Wildman–Crippen LogP) is 4.50. The summed E-state index contributed by atoms with van der Waals surface area (Å²) in [5, 5.41) is 2.16. The summed E-state index contributed by atoms with van der Waals surface area (Å²) in [5.41, 5.74) is 0. The molecule has 154 valence electrons. The number of ether oxygens (including phenoxy) is 1. The van der Waals surface area contributed by atoms with E-state index in [1.165, 1.54) is 32.1 Å². The molecule has 0 radical (unpaired) electrons. The van der Waals surface area contributed by atoms with E-state index in [0.29, 0.717) is 12.2 Å². The first-order valence-corrected chi connectivity index (χ1v) is 13.4. The van der Waals surface area contributed by atoms with Gasteiger partial charge in [0, 0.05) is 0 Å². The van der Waals surface area contributed by atoms with Crippen LogP contribution in [-0.4, -0.2) is 25.3 Å². The maximum absolute atomic E-state index is 12.3. The van der Waals surface area contributed by atoms with Crippen LogP contribution in [0.2, 0.25) is 5.04 Å². The zero-order valence-electron chi connectivity index (χ0n) is 17.8. The number of fused-ring (bicyclic) bond motifs is 2. The Hall–Kier alpha value is -1.42. The maximum atomic E-state index is 12.3. The van der Waals surface area contributed by atoms with Crippen molar-refractivity contribution in [3.8, 4) is 0 Å². The van der Waals surface area contributed by atoms with E-state index in [2.05, 4.69) is 62.4 Å². The van der Waals surface area contributed by atoms with Crippen LogP contribution in [0.3, 0.4) is 0 Å². The summed E-state index contributed by atoms with van der Waals surface area (Å²) in [4.78, 5) is 12.3. The summed E-state index contributed by atoms with van der Waals surface area (Å²) in [6.45, 7) is 4.62. The van der Waals surface area contributed by atoms with Gasteiger partial charge in [-0.3, -0.25) is 0 Å². The third-order valence-electron chi connectivity index (χ3n) is 8.23. The van der Waals surface area contributed by atoms with E-state index in [4.69, 9.17) is 4.74 Å². The molecule has 2 aromatic rings. The van der Waals surface area contributed by atoms with Crippen LogP contribution in [-0.2, 0) is 4.74 Å². The van der Waals surface area contributed by atoms with Gasteiger partial charge in [-0.05, 0) is 71.7 Å². The number of hydrogen-bond donors (Lipinski definition) is 1. The van der Waals surface area contributed by atoms with Crippen LogP contribution in [0.4, 0.5) is 0 Å². The molecule has 2 saturated carbocycles. The third-order valence-corrected chi connectivity index (χ3v) is 12.8. The van der Waals surface area contributed by atoms with Crippen LogP contribution in [0, 0.1) is 17.8 Å². The second-order valence-electron chi connectivity index (χ2n) is 10.2. The number of epoxide rings is 1. The van der Waals surface area contributed by atoms with Crippen molar-refractivity contribution < 1.29 is 9.53 Å². The van der Waals surface area contributed by atoms with Crippen LogP contribution >= 0.6 is 0 Å². The van der Waals surface area contributed by atoms with Gasteiger partial charge in [0.15, 0.2) is 0 Å². The van der Waals surface area contributed by atoms with Crippen molar-refractivity contribution in [3.05, 3.63) is 60.7 Å². The van der Waals surface area contributed by atoms with E-state index in [9.17, 15) is 4.80 Å². The van der Waals surface area contributed by atoms with E-state index in [-0.39, 0.29) is 5.04 Å². The largest absolute Gasteiger partial charge is 0.424 e. The molecule has 2 aliphatic carbocycles. The quantitative estimate of drug-likeness (QED) is 0.566. The highest BCUT2D eigenvalue weighted by molar-refractivity contribution is 6.98. The Labute approximate surface area is 176 Å². The fraction of sp³-hybridized carbons (Fsp3) is 0.538. The lowest BCUT2D eigenvalue weighted by atomic mass is 10.0. The molecular formula is C26H34O2Si. The van der Waals surface area contributed by atoms with Crippen LogP contribution < -0.4 is 10.4 Å². The van der Waals surface area contributed by atoms with Gasteiger partial charge >= 0.3 is 0 Å². The minimum absolute atomic E-state index is 0.112. The van der Waals surface area contributed by atoms with Gasteiger partial charge in [0.05, 0.1) is 12.2 Å². The summed E-state index contributed by atoms with van der Waals surface area (Å²) in [6.07, 6.45) is 8.79. The number of benzene rings is 2. The topological polar surface area (TPSA) is 32.8 Å². The molecule has 0 unspecified atom stereocenters. The molecule has 0 bridgehead atoms. The van der Waals surface area contributed by atoms with Gasteiger partial charge in [-0.15, -0.1) is 0 Å². The molecule has 3 aliphatic rings. The monoisotopic (exact) mass is 406 g/mol. The van der Waals surface area contributed by atoms with Gasteiger partial charge in [-0.25, -0.2) is 0 Å². The summed E-state index contributed by atoms with van der Waals surface area (Å²) < 4.78 is 5.77. The zero-order chi connectivity index (χ0) is 20.1. The molecule has 1 saturated heterocycles. The van der Waals surface area contributed by atoms with Crippen LogP contribution in [0.1, 0.15) is 52.4 Å². The lowest BCUT2D eigenvalue weighted by Gasteiger charge is -2.41. The fourth-order valence-electron chi connectivity index (χ4n) is 6.22. The summed E-state index contributed by atoms with van der Waals surface area (Å²) >= 11 is 0. The van der Waals surface area contributed by atoms with Crippen molar-refractivity contribution in [1.82, 2.24) is 0 Å². The van der Waals surface area contributed by atoms with E-state index >= 15 is 0 Å². The van der Waals surface area contributed by atoms with Crippen molar-refractivity contribution in [2.24, 2.45) is 17.8 Å². The molecule has 3 heteroatoms. The highest BCUT2D eigenvalue weighted by Crippen LogP contribution is 2.59. The van der Waals surface area contributed by atoms with Crippen molar-refractivity contribution in [2.45, 2.75) is 69.6 Å². The zero-order valence-corrected chi connectivity index (χ0v) is 18.8. The maximum Gasteiger partial charge on any atom is 0.258 e. The first-order valence-electron chi connectivity index (χ1n) is 11.5. The Morgan fingerprint density at radius 2 is 1.31 bits per heavy atom. The smallest absolute Gasteiger partial charge is 0.258 e. The second-order valence-corrected chi connectivity index (χ2v) is 14.2. The number of hydrogen-bond acceptors (Lipinski definition) is 2. The Balaban J connectivity index is 1.35. The Morgan fingerprint density at radius 1 is 0.828 bits per heavy atom. The second kappa shape index (κ2) is 7.37. The average molecular weight is 407 g/mol. The van der Waals surface area contributed by atoms with Crippen molar-refractivity contribution in [1.29, 1.82) is 0 Å². The van der Waals surface area contributed by atoms with Gasteiger partial charge in [0.2, 0.25) is 0 Å². The molecule has 29 heavy (non-hydrogen) atoms. The van der Waals surface area contributed by atoms with Crippen LogP contribution in [0.15, 0.2) is 60.7 Å². The molecule has 5 rings (SSSR count). The molecule has 5 atom stereocenters. The molecule has 0 amide bonds. The standard InChI is InChI=1S/C26H34O2Si/c1-26(2,18-17-23-21-13-15-24-25(28-24)16-14-22(21)23)29(27,19-9-5-3-6-10-19)20-11-7-4-8-12-20/h3-12,21-25,27H,13-18H2,1-2H3/t21-,22+,23+,24+,25-. The fourth-order valence-corrected chi connectivity index (χ4v) is 9.98. The van der Waals surface area contributed by atoms with E-state index < -0.39 is 8.32 Å². The average Bonchev–Trinajstić information content (AvgIpc) is 3.63. The first-order chi connectivity index (χ1) is 14.0. The molecule has 1 heterocycles. The van der Waals surface area contributed by atoms with Crippen molar-refractivity contribution >= 4 is 18.7 Å². The molecule has 1 aliphatic heterocycles.